The molecule has 1 aromatic heterocycles. The first kappa shape index (κ1) is 13.4. The van der Waals surface area contributed by atoms with E-state index in [-0.39, 0.29) is 6.42 Å². The standard InChI is InChI=1S/C15H17NO3/c1-11-6-7-14(19-11)10-16-9-13-5-3-2-4-12(13)8-15(17)18/h2-7,16H,8-10H2,1H3,(H,17,18). The average Bonchev–Trinajstić information content (AvgIpc) is 2.77. The molecule has 4 heteroatoms. The number of furan rings is 1. The van der Waals surface area contributed by atoms with Crippen LogP contribution < -0.4 is 5.32 Å². The van der Waals surface area contributed by atoms with Gasteiger partial charge in [-0.3, -0.25) is 4.79 Å². The van der Waals surface area contributed by atoms with E-state index in [1.165, 1.54) is 0 Å². The lowest BCUT2D eigenvalue weighted by Crippen LogP contribution is -2.14. The summed E-state index contributed by atoms with van der Waals surface area (Å²) >= 11 is 0. The molecule has 0 aliphatic heterocycles. The van der Waals surface area contributed by atoms with Gasteiger partial charge in [-0.25, -0.2) is 0 Å². The van der Waals surface area contributed by atoms with Crippen LogP contribution in [0.1, 0.15) is 22.6 Å². The number of hydrogen-bond donors (Lipinski definition) is 2. The van der Waals surface area contributed by atoms with E-state index in [4.69, 9.17) is 9.52 Å². The zero-order valence-corrected chi connectivity index (χ0v) is 10.8. The molecule has 1 aromatic carbocycles. The van der Waals surface area contributed by atoms with Gasteiger partial charge in [-0.05, 0) is 30.2 Å². The monoisotopic (exact) mass is 259 g/mol. The van der Waals surface area contributed by atoms with Crippen LogP contribution in [-0.4, -0.2) is 11.1 Å². The summed E-state index contributed by atoms with van der Waals surface area (Å²) in [5, 5.41) is 12.1. The van der Waals surface area contributed by atoms with E-state index in [0.29, 0.717) is 13.1 Å². The highest BCUT2D eigenvalue weighted by Crippen LogP contribution is 2.10. The molecule has 0 saturated heterocycles. The first-order valence-electron chi connectivity index (χ1n) is 6.20. The molecule has 2 rings (SSSR count). The second-order valence-electron chi connectivity index (χ2n) is 4.46. The summed E-state index contributed by atoms with van der Waals surface area (Å²) < 4.78 is 5.46. The second kappa shape index (κ2) is 6.20. The Kier molecular flexibility index (Phi) is 4.36. The molecule has 0 aliphatic rings. The second-order valence-corrected chi connectivity index (χ2v) is 4.46. The fourth-order valence-electron chi connectivity index (χ4n) is 1.97. The Morgan fingerprint density at radius 2 is 1.89 bits per heavy atom. The van der Waals surface area contributed by atoms with E-state index >= 15 is 0 Å². The molecule has 0 amide bonds. The topological polar surface area (TPSA) is 62.5 Å². The van der Waals surface area contributed by atoms with Crippen molar-refractivity contribution < 1.29 is 14.3 Å². The quantitative estimate of drug-likeness (QED) is 0.836. The number of hydrogen-bond acceptors (Lipinski definition) is 3. The SMILES string of the molecule is Cc1ccc(CNCc2ccccc2CC(=O)O)o1. The molecule has 0 bridgehead atoms. The third kappa shape index (κ3) is 3.96. The maximum atomic E-state index is 10.8. The minimum Gasteiger partial charge on any atom is -0.481 e. The van der Waals surface area contributed by atoms with Gasteiger partial charge in [-0.1, -0.05) is 24.3 Å². The molecule has 0 unspecified atom stereocenters. The molecule has 0 saturated carbocycles. The third-order valence-electron chi connectivity index (χ3n) is 2.87. The number of aryl methyl sites for hydroxylation is 1. The normalized spacial score (nSPS) is 10.6. The molecule has 100 valence electrons. The van der Waals surface area contributed by atoms with Gasteiger partial charge in [0.1, 0.15) is 11.5 Å². The summed E-state index contributed by atoms with van der Waals surface area (Å²) in [4.78, 5) is 10.8. The first-order valence-corrected chi connectivity index (χ1v) is 6.20. The number of carboxylic acids is 1. The van der Waals surface area contributed by atoms with Crippen LogP contribution in [0.4, 0.5) is 0 Å². The molecule has 0 atom stereocenters. The predicted molar refractivity (Wildman–Crippen MR) is 71.8 cm³/mol. The summed E-state index contributed by atoms with van der Waals surface area (Å²) in [6.07, 6.45) is 0.0533. The number of nitrogens with one attached hydrogen (secondary N) is 1. The van der Waals surface area contributed by atoms with E-state index in [1.807, 2.05) is 43.3 Å². The van der Waals surface area contributed by atoms with Gasteiger partial charge >= 0.3 is 5.97 Å². The molecule has 2 aromatic rings. The molecule has 2 N–H and O–H groups in total. The van der Waals surface area contributed by atoms with Crippen molar-refractivity contribution in [3.05, 3.63) is 59.0 Å². The van der Waals surface area contributed by atoms with E-state index in [9.17, 15) is 4.79 Å². The lowest BCUT2D eigenvalue weighted by atomic mass is 10.0. The smallest absolute Gasteiger partial charge is 0.307 e. The van der Waals surface area contributed by atoms with E-state index in [1.54, 1.807) is 0 Å². The summed E-state index contributed by atoms with van der Waals surface area (Å²) in [6, 6.07) is 11.4. The Morgan fingerprint density at radius 3 is 2.53 bits per heavy atom. The summed E-state index contributed by atoms with van der Waals surface area (Å²) in [6.45, 7) is 3.17. The van der Waals surface area contributed by atoms with Crippen molar-refractivity contribution in [2.75, 3.05) is 0 Å². The Morgan fingerprint density at radius 1 is 1.16 bits per heavy atom. The number of aliphatic carboxylic acids is 1. The number of rotatable bonds is 6. The van der Waals surface area contributed by atoms with Crippen LogP contribution in [0, 0.1) is 6.92 Å². The van der Waals surface area contributed by atoms with Gasteiger partial charge in [0.25, 0.3) is 0 Å². The van der Waals surface area contributed by atoms with Crippen molar-refractivity contribution in [3.8, 4) is 0 Å². The highest BCUT2D eigenvalue weighted by molar-refractivity contribution is 5.70. The lowest BCUT2D eigenvalue weighted by Gasteiger charge is -2.08. The van der Waals surface area contributed by atoms with Gasteiger partial charge in [0, 0.05) is 6.54 Å². The molecule has 0 radical (unpaired) electrons. The minimum absolute atomic E-state index is 0.0533. The summed E-state index contributed by atoms with van der Waals surface area (Å²) in [7, 11) is 0. The Balaban J connectivity index is 1.93. The number of carbonyl (C=O) groups is 1. The molecular weight excluding hydrogens is 242 g/mol. The minimum atomic E-state index is -0.811. The predicted octanol–water partition coefficient (Wildman–Crippen LogP) is 2.50. The lowest BCUT2D eigenvalue weighted by molar-refractivity contribution is -0.136. The van der Waals surface area contributed by atoms with Crippen molar-refractivity contribution >= 4 is 5.97 Å². The van der Waals surface area contributed by atoms with Gasteiger partial charge in [0.15, 0.2) is 0 Å². The Bertz CT molecular complexity index is 560. The van der Waals surface area contributed by atoms with Crippen LogP contribution in [0.25, 0.3) is 0 Å². The fourth-order valence-corrected chi connectivity index (χ4v) is 1.97. The molecule has 0 aliphatic carbocycles. The third-order valence-corrected chi connectivity index (χ3v) is 2.87. The van der Waals surface area contributed by atoms with Gasteiger partial charge in [0.2, 0.25) is 0 Å². The Hall–Kier alpha value is -2.07. The number of benzene rings is 1. The van der Waals surface area contributed by atoms with Crippen molar-refractivity contribution in [1.82, 2.24) is 5.32 Å². The van der Waals surface area contributed by atoms with Crippen molar-refractivity contribution in [1.29, 1.82) is 0 Å². The Labute approximate surface area is 112 Å². The zero-order chi connectivity index (χ0) is 13.7. The summed E-state index contributed by atoms with van der Waals surface area (Å²) in [5.74, 6) is 0.963. The van der Waals surface area contributed by atoms with Crippen LogP contribution in [0.5, 0.6) is 0 Å². The maximum Gasteiger partial charge on any atom is 0.307 e. The van der Waals surface area contributed by atoms with Crippen molar-refractivity contribution in [2.24, 2.45) is 0 Å². The number of carboxylic acid groups (broad SMARTS) is 1. The van der Waals surface area contributed by atoms with Crippen LogP contribution >= 0.6 is 0 Å². The zero-order valence-electron chi connectivity index (χ0n) is 10.8. The van der Waals surface area contributed by atoms with Crippen LogP contribution in [0.15, 0.2) is 40.8 Å². The van der Waals surface area contributed by atoms with Crippen LogP contribution in [0.2, 0.25) is 0 Å². The van der Waals surface area contributed by atoms with Gasteiger partial charge < -0.3 is 14.8 Å². The van der Waals surface area contributed by atoms with Gasteiger partial charge in [0.05, 0.1) is 13.0 Å². The molecule has 0 spiro atoms. The van der Waals surface area contributed by atoms with Crippen LogP contribution in [-0.2, 0) is 24.3 Å². The highest BCUT2D eigenvalue weighted by Gasteiger charge is 2.06. The fraction of sp³-hybridized carbons (Fsp3) is 0.267. The molecule has 1 heterocycles. The van der Waals surface area contributed by atoms with Gasteiger partial charge in [-0.2, -0.15) is 0 Å². The molecular formula is C15H17NO3. The largest absolute Gasteiger partial charge is 0.481 e. The van der Waals surface area contributed by atoms with E-state index in [2.05, 4.69) is 5.32 Å². The first-order chi connectivity index (χ1) is 9.15. The van der Waals surface area contributed by atoms with Crippen molar-refractivity contribution in [2.45, 2.75) is 26.4 Å². The van der Waals surface area contributed by atoms with E-state index in [0.717, 1.165) is 22.6 Å². The van der Waals surface area contributed by atoms with Crippen LogP contribution in [0.3, 0.4) is 0 Å². The highest BCUT2D eigenvalue weighted by atomic mass is 16.4. The summed E-state index contributed by atoms with van der Waals surface area (Å²) in [5.41, 5.74) is 1.85. The van der Waals surface area contributed by atoms with Gasteiger partial charge in [-0.15, -0.1) is 0 Å². The van der Waals surface area contributed by atoms with E-state index < -0.39 is 5.97 Å². The molecule has 19 heavy (non-hydrogen) atoms. The average molecular weight is 259 g/mol. The maximum absolute atomic E-state index is 10.8. The molecule has 4 nitrogen and oxygen atoms in total. The van der Waals surface area contributed by atoms with Crippen molar-refractivity contribution in [3.63, 3.8) is 0 Å². The molecule has 0 fully saturated rings.